The molecule has 0 aliphatic carbocycles. The van der Waals surface area contributed by atoms with E-state index >= 15 is 0 Å². The van der Waals surface area contributed by atoms with Crippen molar-refractivity contribution in [1.29, 1.82) is 0 Å². The molecule has 8 heteroatoms. The Labute approximate surface area is 193 Å². The molecule has 3 heterocycles. The van der Waals surface area contributed by atoms with E-state index in [4.69, 9.17) is 0 Å². The molecule has 170 valence electrons. The Morgan fingerprint density at radius 1 is 1.09 bits per heavy atom. The fourth-order valence-corrected chi connectivity index (χ4v) is 3.61. The number of hydrogen-bond acceptors (Lipinski definition) is 6. The maximum atomic E-state index is 12.4. The van der Waals surface area contributed by atoms with Gasteiger partial charge < -0.3 is 20.4 Å². The standard InChI is InChI=1S/C25H28N6O2/c1-17(2)10-12-31-16-24(32)30(3)22-15-27-23(13-21(22)31)28-19-8-6-18(7-9-19)25(33)29-20-5-4-11-26-14-20/h4-9,11,13-15,17H,10,12,16H2,1-3H3,(H,27,28)(H,29,33). The maximum absolute atomic E-state index is 12.4. The molecule has 0 unspecified atom stereocenters. The summed E-state index contributed by atoms with van der Waals surface area (Å²) in [4.78, 5) is 37.1. The molecule has 0 spiro atoms. The molecule has 4 rings (SSSR count). The van der Waals surface area contributed by atoms with Crippen LogP contribution in [0.3, 0.4) is 0 Å². The quantitative estimate of drug-likeness (QED) is 0.565. The highest BCUT2D eigenvalue weighted by Crippen LogP contribution is 2.34. The summed E-state index contributed by atoms with van der Waals surface area (Å²) in [6.07, 6.45) is 5.99. The van der Waals surface area contributed by atoms with Gasteiger partial charge in [-0.15, -0.1) is 0 Å². The SMILES string of the molecule is CC(C)CCN1CC(=O)N(C)c2cnc(Nc3ccc(C(=O)Nc4cccnc4)cc3)cc21. The monoisotopic (exact) mass is 444 g/mol. The third-order valence-corrected chi connectivity index (χ3v) is 5.58. The van der Waals surface area contributed by atoms with E-state index < -0.39 is 0 Å². The van der Waals surface area contributed by atoms with Gasteiger partial charge in [-0.1, -0.05) is 13.8 Å². The lowest BCUT2D eigenvalue weighted by molar-refractivity contribution is -0.117. The summed E-state index contributed by atoms with van der Waals surface area (Å²) in [5, 5.41) is 6.12. The van der Waals surface area contributed by atoms with E-state index in [2.05, 4.69) is 39.3 Å². The van der Waals surface area contributed by atoms with E-state index in [0.29, 0.717) is 29.5 Å². The van der Waals surface area contributed by atoms with E-state index in [9.17, 15) is 9.59 Å². The minimum absolute atomic E-state index is 0.0638. The van der Waals surface area contributed by atoms with Gasteiger partial charge in [0.25, 0.3) is 5.91 Å². The van der Waals surface area contributed by atoms with Crippen LogP contribution in [0.15, 0.2) is 61.1 Å². The van der Waals surface area contributed by atoms with Gasteiger partial charge in [0.05, 0.1) is 36.0 Å². The van der Waals surface area contributed by atoms with Crippen molar-refractivity contribution in [2.75, 3.05) is 40.6 Å². The van der Waals surface area contributed by atoms with E-state index in [-0.39, 0.29) is 11.8 Å². The van der Waals surface area contributed by atoms with Crippen LogP contribution < -0.4 is 20.4 Å². The summed E-state index contributed by atoms with van der Waals surface area (Å²) in [6.45, 7) is 5.53. The van der Waals surface area contributed by atoms with Crippen LogP contribution in [-0.2, 0) is 4.79 Å². The fraction of sp³-hybridized carbons (Fsp3) is 0.280. The molecule has 8 nitrogen and oxygen atoms in total. The van der Waals surface area contributed by atoms with Gasteiger partial charge in [-0.3, -0.25) is 14.6 Å². The highest BCUT2D eigenvalue weighted by atomic mass is 16.2. The van der Waals surface area contributed by atoms with Crippen molar-refractivity contribution in [1.82, 2.24) is 9.97 Å². The first-order valence-corrected chi connectivity index (χ1v) is 11.0. The van der Waals surface area contributed by atoms with Crippen molar-refractivity contribution in [3.63, 3.8) is 0 Å². The van der Waals surface area contributed by atoms with Gasteiger partial charge >= 0.3 is 0 Å². The Hall–Kier alpha value is -3.94. The molecule has 2 aromatic heterocycles. The van der Waals surface area contributed by atoms with Gasteiger partial charge in [0.15, 0.2) is 0 Å². The smallest absolute Gasteiger partial charge is 0.255 e. The Morgan fingerprint density at radius 2 is 1.88 bits per heavy atom. The molecule has 3 aromatic rings. The minimum Gasteiger partial charge on any atom is -0.360 e. The van der Waals surface area contributed by atoms with Gasteiger partial charge in [0.1, 0.15) is 5.82 Å². The average molecular weight is 445 g/mol. The van der Waals surface area contributed by atoms with Crippen molar-refractivity contribution in [3.05, 3.63) is 66.6 Å². The van der Waals surface area contributed by atoms with Crippen LogP contribution in [0.4, 0.5) is 28.6 Å². The summed E-state index contributed by atoms with van der Waals surface area (Å²) in [6, 6.07) is 12.7. The molecule has 0 atom stereocenters. The normalized spacial score (nSPS) is 13.2. The number of nitrogens with zero attached hydrogens (tertiary/aromatic N) is 4. The lowest BCUT2D eigenvalue weighted by Gasteiger charge is -2.35. The number of pyridine rings is 2. The first-order valence-electron chi connectivity index (χ1n) is 11.0. The number of aromatic nitrogens is 2. The van der Waals surface area contributed by atoms with E-state index in [1.165, 1.54) is 0 Å². The van der Waals surface area contributed by atoms with Crippen LogP contribution in [0.1, 0.15) is 30.6 Å². The summed E-state index contributed by atoms with van der Waals surface area (Å²) in [5.74, 6) is 1.10. The molecule has 0 radical (unpaired) electrons. The van der Waals surface area contributed by atoms with Gasteiger partial charge in [-0.05, 0) is 48.7 Å². The van der Waals surface area contributed by atoms with Crippen LogP contribution in [0, 0.1) is 5.92 Å². The highest BCUT2D eigenvalue weighted by molar-refractivity contribution is 6.04. The van der Waals surface area contributed by atoms with E-state index in [1.807, 2.05) is 18.2 Å². The molecule has 2 amide bonds. The number of hydrogen-bond donors (Lipinski definition) is 2. The van der Waals surface area contributed by atoms with E-state index in [0.717, 1.165) is 30.0 Å². The van der Waals surface area contributed by atoms with Gasteiger partial charge in [0.2, 0.25) is 5.91 Å². The number of anilines is 5. The second kappa shape index (κ2) is 9.68. The molecule has 0 saturated heterocycles. The second-order valence-electron chi connectivity index (χ2n) is 8.51. The number of amides is 2. The Bertz CT molecular complexity index is 1130. The second-order valence-corrected chi connectivity index (χ2v) is 8.51. The molecule has 1 aliphatic heterocycles. The number of carbonyl (C=O) groups excluding carboxylic acids is 2. The van der Waals surface area contributed by atoms with Gasteiger partial charge in [0, 0.05) is 37.1 Å². The number of carbonyl (C=O) groups is 2. The average Bonchev–Trinajstić information content (AvgIpc) is 2.81. The van der Waals surface area contributed by atoms with Crippen molar-refractivity contribution in [2.45, 2.75) is 20.3 Å². The van der Waals surface area contributed by atoms with Crippen LogP contribution >= 0.6 is 0 Å². The van der Waals surface area contributed by atoms with Crippen LogP contribution in [0.2, 0.25) is 0 Å². The molecule has 1 aliphatic rings. The number of likely N-dealkylation sites (N-methyl/N-ethyl adjacent to an activating group) is 1. The number of fused-ring (bicyclic) bond motifs is 1. The Kier molecular flexibility index (Phi) is 6.53. The summed E-state index contributed by atoms with van der Waals surface area (Å²) >= 11 is 0. The maximum Gasteiger partial charge on any atom is 0.255 e. The fourth-order valence-electron chi connectivity index (χ4n) is 3.61. The van der Waals surface area contributed by atoms with Gasteiger partial charge in [-0.25, -0.2) is 4.98 Å². The molecule has 2 N–H and O–H groups in total. The topological polar surface area (TPSA) is 90.5 Å². The van der Waals surface area contributed by atoms with Gasteiger partial charge in [-0.2, -0.15) is 0 Å². The molecule has 1 aromatic carbocycles. The Morgan fingerprint density at radius 3 is 2.58 bits per heavy atom. The van der Waals surface area contributed by atoms with Crippen molar-refractivity contribution in [3.8, 4) is 0 Å². The predicted molar refractivity (Wildman–Crippen MR) is 131 cm³/mol. The van der Waals surface area contributed by atoms with Crippen molar-refractivity contribution in [2.24, 2.45) is 5.92 Å². The highest BCUT2D eigenvalue weighted by Gasteiger charge is 2.27. The van der Waals surface area contributed by atoms with Crippen LogP contribution in [0.25, 0.3) is 0 Å². The lowest BCUT2D eigenvalue weighted by Crippen LogP contribution is -2.44. The number of rotatable bonds is 7. The molecule has 33 heavy (non-hydrogen) atoms. The molecular weight excluding hydrogens is 416 g/mol. The largest absolute Gasteiger partial charge is 0.360 e. The Balaban J connectivity index is 1.48. The predicted octanol–water partition coefficient (Wildman–Crippen LogP) is 4.30. The first-order chi connectivity index (χ1) is 15.9. The third kappa shape index (κ3) is 5.28. The van der Waals surface area contributed by atoms with E-state index in [1.54, 1.807) is 54.8 Å². The first kappa shape index (κ1) is 22.3. The molecule has 0 fully saturated rings. The summed E-state index contributed by atoms with van der Waals surface area (Å²) in [5.41, 5.74) is 3.80. The van der Waals surface area contributed by atoms with Crippen molar-refractivity contribution < 1.29 is 9.59 Å². The lowest BCUT2D eigenvalue weighted by atomic mass is 10.1. The zero-order chi connectivity index (χ0) is 23.4. The molecular formula is C25H28N6O2. The number of nitrogens with one attached hydrogen (secondary N) is 2. The molecule has 0 bridgehead atoms. The van der Waals surface area contributed by atoms with Crippen LogP contribution in [-0.4, -0.2) is 41.9 Å². The van der Waals surface area contributed by atoms with Crippen molar-refractivity contribution >= 4 is 40.4 Å². The number of benzene rings is 1. The minimum atomic E-state index is -0.199. The zero-order valence-corrected chi connectivity index (χ0v) is 19.1. The third-order valence-electron chi connectivity index (χ3n) is 5.58. The molecule has 0 saturated carbocycles. The summed E-state index contributed by atoms with van der Waals surface area (Å²) in [7, 11) is 1.78. The zero-order valence-electron chi connectivity index (χ0n) is 19.1. The summed E-state index contributed by atoms with van der Waals surface area (Å²) < 4.78 is 0. The van der Waals surface area contributed by atoms with Crippen LogP contribution in [0.5, 0.6) is 0 Å².